The Kier molecular flexibility index (Phi) is 4.43. The summed E-state index contributed by atoms with van der Waals surface area (Å²) in [5, 5.41) is 12.5. The van der Waals surface area contributed by atoms with Gasteiger partial charge in [0.25, 0.3) is 0 Å². The van der Waals surface area contributed by atoms with E-state index in [4.69, 9.17) is 4.74 Å². The molecule has 4 heteroatoms. The van der Waals surface area contributed by atoms with Gasteiger partial charge >= 0.3 is 0 Å². The van der Waals surface area contributed by atoms with Gasteiger partial charge in [-0.2, -0.15) is 0 Å². The minimum absolute atomic E-state index is 0.301. The number of ether oxygens (including phenoxy) is 1. The summed E-state index contributed by atoms with van der Waals surface area (Å²) in [7, 11) is 0. The Morgan fingerprint density at radius 2 is 1.65 bits per heavy atom. The van der Waals surface area contributed by atoms with E-state index < -0.39 is 0 Å². The van der Waals surface area contributed by atoms with Crippen LogP contribution in [0.15, 0.2) is 77.4 Å². The fraction of sp³-hybridized carbons (Fsp3) is 0.0909. The van der Waals surface area contributed by atoms with E-state index in [9.17, 15) is 5.11 Å². The van der Waals surface area contributed by atoms with Gasteiger partial charge in [-0.05, 0) is 54.4 Å². The first-order valence-corrected chi connectivity index (χ1v) is 9.19. The van der Waals surface area contributed by atoms with Crippen molar-refractivity contribution < 1.29 is 9.84 Å². The first-order chi connectivity index (χ1) is 12.6. The molecule has 0 amide bonds. The summed E-state index contributed by atoms with van der Waals surface area (Å²) in [6, 6.07) is 21.7. The van der Waals surface area contributed by atoms with Crippen molar-refractivity contribution in [2.75, 3.05) is 0 Å². The van der Waals surface area contributed by atoms with Crippen LogP contribution in [-0.2, 0) is 6.54 Å². The minimum atomic E-state index is 0.301. The number of rotatable bonds is 4. The highest BCUT2D eigenvalue weighted by Crippen LogP contribution is 2.33. The quantitative estimate of drug-likeness (QED) is 0.433. The van der Waals surface area contributed by atoms with Crippen molar-refractivity contribution in [1.29, 1.82) is 0 Å². The monoisotopic (exact) mass is 407 g/mol. The predicted molar refractivity (Wildman–Crippen MR) is 108 cm³/mol. The summed E-state index contributed by atoms with van der Waals surface area (Å²) in [5.74, 6) is 1.91. The summed E-state index contributed by atoms with van der Waals surface area (Å²) in [6.45, 7) is 2.61. The lowest BCUT2D eigenvalue weighted by molar-refractivity contribution is 0.430. The summed E-state index contributed by atoms with van der Waals surface area (Å²) in [4.78, 5) is 0. The van der Waals surface area contributed by atoms with Crippen molar-refractivity contribution in [2.45, 2.75) is 13.5 Å². The predicted octanol–water partition coefficient (Wildman–Crippen LogP) is 6.26. The first-order valence-electron chi connectivity index (χ1n) is 8.40. The van der Waals surface area contributed by atoms with E-state index in [2.05, 4.69) is 15.9 Å². The molecule has 0 saturated heterocycles. The molecule has 1 N–H and O–H groups in total. The maximum Gasteiger partial charge on any atom is 0.199 e. The van der Waals surface area contributed by atoms with Crippen LogP contribution in [0.3, 0.4) is 0 Å². The molecule has 1 aromatic heterocycles. The fourth-order valence-electron chi connectivity index (χ4n) is 3.15. The number of aromatic hydroxyl groups is 1. The molecule has 26 heavy (non-hydrogen) atoms. The molecule has 0 spiro atoms. The molecule has 0 aliphatic carbocycles. The van der Waals surface area contributed by atoms with Crippen molar-refractivity contribution in [1.82, 2.24) is 4.57 Å². The highest BCUT2D eigenvalue weighted by molar-refractivity contribution is 9.10. The zero-order valence-corrected chi connectivity index (χ0v) is 15.9. The molecule has 0 bridgehead atoms. The smallest absolute Gasteiger partial charge is 0.199 e. The Labute approximate surface area is 160 Å². The number of hydrogen-bond acceptors (Lipinski definition) is 2. The largest absolute Gasteiger partial charge is 0.494 e. The van der Waals surface area contributed by atoms with Crippen molar-refractivity contribution in [2.24, 2.45) is 0 Å². The second kappa shape index (κ2) is 6.89. The number of hydrogen-bond donors (Lipinski definition) is 1. The van der Waals surface area contributed by atoms with E-state index >= 15 is 0 Å². The topological polar surface area (TPSA) is 34.4 Å². The summed E-state index contributed by atoms with van der Waals surface area (Å²) in [6.07, 6.45) is 1.98. The Morgan fingerprint density at radius 3 is 2.38 bits per heavy atom. The van der Waals surface area contributed by atoms with Crippen molar-refractivity contribution in [3.8, 4) is 17.4 Å². The molecule has 1 heterocycles. The molecule has 3 aromatic carbocycles. The van der Waals surface area contributed by atoms with Crippen molar-refractivity contribution in [3.05, 3.63) is 88.5 Å². The number of aromatic nitrogens is 1. The molecule has 4 rings (SSSR count). The lowest BCUT2D eigenvalue weighted by atomic mass is 10.1. The van der Waals surface area contributed by atoms with Crippen LogP contribution in [-0.4, -0.2) is 9.67 Å². The standard InChI is InChI=1S/C22H18BrNO2/c1-15-11-18(23)12-17-14-24(22(25)21(15)17)13-16-7-9-20(10-8-16)26-19-5-3-2-4-6-19/h2-12,14,25H,13H2,1H3. The Balaban J connectivity index is 1.57. The molecular weight excluding hydrogens is 390 g/mol. The van der Waals surface area contributed by atoms with E-state index in [0.29, 0.717) is 12.4 Å². The van der Waals surface area contributed by atoms with Gasteiger partial charge in [-0.15, -0.1) is 0 Å². The van der Waals surface area contributed by atoms with Gasteiger partial charge in [0.1, 0.15) is 11.5 Å². The van der Waals surface area contributed by atoms with Crippen LogP contribution in [0.1, 0.15) is 11.1 Å². The highest BCUT2D eigenvalue weighted by atomic mass is 79.9. The van der Waals surface area contributed by atoms with Crippen LogP contribution in [0.2, 0.25) is 0 Å². The molecule has 3 nitrogen and oxygen atoms in total. The molecule has 0 unspecified atom stereocenters. The van der Waals surface area contributed by atoms with Gasteiger partial charge < -0.3 is 14.4 Å². The normalized spacial score (nSPS) is 11.0. The van der Waals surface area contributed by atoms with Gasteiger partial charge in [0.15, 0.2) is 5.88 Å². The maximum atomic E-state index is 10.6. The second-order valence-corrected chi connectivity index (χ2v) is 7.24. The third-order valence-electron chi connectivity index (χ3n) is 4.38. The van der Waals surface area contributed by atoms with Crippen LogP contribution < -0.4 is 4.74 Å². The van der Waals surface area contributed by atoms with E-state index in [1.54, 1.807) is 0 Å². The lowest BCUT2D eigenvalue weighted by Crippen LogP contribution is -1.97. The number of halogens is 1. The number of para-hydroxylation sites is 1. The molecule has 4 aromatic rings. The van der Waals surface area contributed by atoms with E-state index in [1.165, 1.54) is 0 Å². The van der Waals surface area contributed by atoms with Gasteiger partial charge in [0, 0.05) is 21.4 Å². The zero-order valence-electron chi connectivity index (χ0n) is 14.3. The number of aryl methyl sites for hydroxylation is 1. The van der Waals surface area contributed by atoms with Gasteiger partial charge in [0.2, 0.25) is 0 Å². The summed E-state index contributed by atoms with van der Waals surface area (Å²) in [5.41, 5.74) is 2.15. The third kappa shape index (κ3) is 3.33. The van der Waals surface area contributed by atoms with E-state index in [0.717, 1.165) is 37.9 Å². The van der Waals surface area contributed by atoms with Crippen LogP contribution >= 0.6 is 15.9 Å². The van der Waals surface area contributed by atoms with Crippen LogP contribution in [0.25, 0.3) is 10.8 Å². The molecule has 130 valence electrons. The van der Waals surface area contributed by atoms with Gasteiger partial charge in [-0.1, -0.05) is 46.3 Å². The average molecular weight is 408 g/mol. The molecule has 0 aliphatic rings. The second-order valence-electron chi connectivity index (χ2n) is 6.33. The van der Waals surface area contributed by atoms with Gasteiger partial charge in [-0.25, -0.2) is 0 Å². The van der Waals surface area contributed by atoms with Crippen LogP contribution in [0, 0.1) is 6.92 Å². The first kappa shape index (κ1) is 16.7. The Hall–Kier alpha value is -2.72. The molecule has 0 fully saturated rings. The molecular formula is C22H18BrNO2. The Morgan fingerprint density at radius 1 is 0.962 bits per heavy atom. The lowest BCUT2D eigenvalue weighted by Gasteiger charge is -2.08. The maximum absolute atomic E-state index is 10.6. The fourth-order valence-corrected chi connectivity index (χ4v) is 3.74. The zero-order chi connectivity index (χ0) is 18.1. The Bertz CT molecular complexity index is 1050. The summed E-state index contributed by atoms with van der Waals surface area (Å²) >= 11 is 3.51. The average Bonchev–Trinajstić information content (AvgIpc) is 2.93. The number of benzene rings is 3. The van der Waals surface area contributed by atoms with E-state index in [1.807, 2.05) is 84.4 Å². The summed E-state index contributed by atoms with van der Waals surface area (Å²) < 4.78 is 8.71. The molecule has 0 aliphatic heterocycles. The van der Waals surface area contributed by atoms with Crippen LogP contribution in [0.5, 0.6) is 17.4 Å². The molecule has 0 saturated carbocycles. The minimum Gasteiger partial charge on any atom is -0.494 e. The van der Waals surface area contributed by atoms with Crippen molar-refractivity contribution in [3.63, 3.8) is 0 Å². The third-order valence-corrected chi connectivity index (χ3v) is 4.83. The molecule has 0 atom stereocenters. The van der Waals surface area contributed by atoms with Crippen LogP contribution in [0.4, 0.5) is 0 Å². The number of fused-ring (bicyclic) bond motifs is 1. The highest BCUT2D eigenvalue weighted by Gasteiger charge is 2.12. The SMILES string of the molecule is Cc1cc(Br)cc2cn(Cc3ccc(Oc4ccccc4)cc3)c(O)c12. The number of nitrogens with zero attached hydrogens (tertiary/aromatic N) is 1. The van der Waals surface area contributed by atoms with Gasteiger partial charge in [-0.3, -0.25) is 0 Å². The van der Waals surface area contributed by atoms with Crippen molar-refractivity contribution >= 4 is 26.7 Å². The molecule has 0 radical (unpaired) electrons. The van der Waals surface area contributed by atoms with E-state index in [-0.39, 0.29) is 0 Å². The van der Waals surface area contributed by atoms with Gasteiger partial charge in [0.05, 0.1) is 6.54 Å².